The molecule has 1 aliphatic rings. The summed E-state index contributed by atoms with van der Waals surface area (Å²) in [5.41, 5.74) is 0. The van der Waals surface area contributed by atoms with E-state index in [1.165, 1.54) is 6.92 Å². The third kappa shape index (κ3) is 1.82. The Bertz CT molecular complexity index is 363. The highest BCUT2D eigenvalue weighted by Gasteiger charge is 2.65. The van der Waals surface area contributed by atoms with E-state index in [0.717, 1.165) is 0 Å². The van der Waals surface area contributed by atoms with Crippen LogP contribution in [0.15, 0.2) is 0 Å². The Hall–Kier alpha value is -0.270. The third-order valence-electron chi connectivity index (χ3n) is 1.86. The van der Waals surface area contributed by atoms with E-state index in [4.69, 9.17) is 0 Å². The molecule has 0 radical (unpaired) electrons. The summed E-state index contributed by atoms with van der Waals surface area (Å²) in [7, 11) is -3.51. The van der Waals surface area contributed by atoms with Gasteiger partial charge in [-0.1, -0.05) is 0 Å². The van der Waals surface area contributed by atoms with Gasteiger partial charge in [-0.25, -0.2) is 8.42 Å². The Morgan fingerprint density at radius 1 is 1.46 bits per heavy atom. The van der Waals surface area contributed by atoms with Gasteiger partial charge >= 0.3 is 0 Å². The fourth-order valence-electron chi connectivity index (χ4n) is 0.978. The number of ketones is 1. The van der Waals surface area contributed by atoms with E-state index in [1.54, 1.807) is 0 Å². The van der Waals surface area contributed by atoms with Crippen molar-refractivity contribution >= 4 is 36.4 Å². The zero-order chi connectivity index (χ0) is 10.3. The average molecular weight is 270 g/mol. The Morgan fingerprint density at radius 2 is 1.92 bits per heavy atom. The lowest BCUT2D eigenvalue weighted by atomic mass is 10.1. The minimum Gasteiger partial charge on any atom is -0.300 e. The maximum atomic E-state index is 11.0. The zero-order valence-corrected chi connectivity index (χ0v) is 9.24. The molecule has 74 valence electrons. The van der Waals surface area contributed by atoms with E-state index in [9.17, 15) is 18.0 Å². The lowest BCUT2D eigenvalue weighted by Gasteiger charge is -2.01. The molecule has 1 heterocycles. The highest BCUT2D eigenvalue weighted by Crippen LogP contribution is 2.36. The largest absolute Gasteiger partial charge is 0.300 e. The molecule has 0 aromatic carbocycles. The van der Waals surface area contributed by atoms with Crippen molar-refractivity contribution < 1.29 is 18.0 Å². The van der Waals surface area contributed by atoms with Crippen LogP contribution < -0.4 is 4.72 Å². The molecule has 1 atom stereocenters. The first kappa shape index (κ1) is 10.8. The summed E-state index contributed by atoms with van der Waals surface area (Å²) in [5, 5.41) is 0. The van der Waals surface area contributed by atoms with Crippen LogP contribution in [0.25, 0.3) is 0 Å². The number of hydrogen-bond acceptors (Lipinski definition) is 4. The molecular weight excluding hydrogens is 262 g/mol. The van der Waals surface area contributed by atoms with Crippen molar-refractivity contribution in [2.75, 3.05) is 0 Å². The standard InChI is InChI=1S/C6H8BrNO4S/c1-4(9)2-3-6(5(7)10)8-13(6,11)12/h8H,2-3H2,1H3/t6-/m1/s1. The second kappa shape index (κ2) is 3.14. The van der Waals surface area contributed by atoms with Gasteiger partial charge in [-0.05, 0) is 29.3 Å². The van der Waals surface area contributed by atoms with Gasteiger partial charge in [-0.3, -0.25) is 4.79 Å². The predicted molar refractivity (Wildman–Crippen MR) is 48.6 cm³/mol. The number of nitrogens with one attached hydrogen (secondary N) is 1. The van der Waals surface area contributed by atoms with Crippen LogP contribution in [0.1, 0.15) is 19.8 Å². The first-order chi connectivity index (χ1) is 5.82. The molecule has 0 spiro atoms. The SMILES string of the molecule is CC(=O)CC[C@@]1(C(=O)Br)NS1(=O)=O. The number of carbonyl (C=O) groups excluding carboxylic acids is 2. The normalized spacial score (nSPS) is 29.7. The Balaban J connectivity index is 2.75. The topological polar surface area (TPSA) is 90.2 Å². The van der Waals surface area contributed by atoms with Gasteiger partial charge in [0.25, 0.3) is 0 Å². The Labute approximate surface area is 84.1 Å². The number of sulfonamides is 1. The number of rotatable bonds is 4. The molecule has 0 unspecified atom stereocenters. The minimum atomic E-state index is -3.51. The van der Waals surface area contributed by atoms with Crippen molar-refractivity contribution in [3.63, 3.8) is 0 Å². The van der Waals surface area contributed by atoms with Crippen molar-refractivity contribution in [1.82, 2.24) is 4.72 Å². The van der Waals surface area contributed by atoms with E-state index in [-0.39, 0.29) is 18.6 Å². The van der Waals surface area contributed by atoms with Gasteiger partial charge in [0.2, 0.25) is 19.6 Å². The first-order valence-electron chi connectivity index (χ1n) is 3.55. The molecule has 1 rings (SSSR count). The van der Waals surface area contributed by atoms with Crippen LogP contribution in [0.2, 0.25) is 0 Å². The molecule has 0 saturated carbocycles. The summed E-state index contributed by atoms with van der Waals surface area (Å²) >= 11 is 2.59. The van der Waals surface area contributed by atoms with E-state index in [1.807, 2.05) is 0 Å². The van der Waals surface area contributed by atoms with Gasteiger partial charge in [0.05, 0.1) is 0 Å². The predicted octanol–water partition coefficient (Wildman–Crippen LogP) is -0.0936. The van der Waals surface area contributed by atoms with Crippen LogP contribution in [-0.2, 0) is 19.6 Å². The van der Waals surface area contributed by atoms with Gasteiger partial charge in [-0.15, -0.1) is 0 Å². The number of carbonyl (C=O) groups is 2. The second-order valence-electron chi connectivity index (χ2n) is 2.91. The lowest BCUT2D eigenvalue weighted by molar-refractivity contribution is -0.117. The van der Waals surface area contributed by atoms with Crippen molar-refractivity contribution in [1.29, 1.82) is 0 Å². The summed E-state index contributed by atoms with van der Waals surface area (Å²) in [5.74, 6) is -0.142. The highest BCUT2D eigenvalue weighted by molar-refractivity contribution is 9.18. The number of halogens is 1. The fraction of sp³-hybridized carbons (Fsp3) is 0.667. The Morgan fingerprint density at radius 3 is 2.15 bits per heavy atom. The maximum absolute atomic E-state index is 11.0. The van der Waals surface area contributed by atoms with Crippen molar-refractivity contribution in [2.45, 2.75) is 24.6 Å². The summed E-state index contributed by atoms with van der Waals surface area (Å²) in [6.45, 7) is 1.35. The smallest absolute Gasteiger partial charge is 0.241 e. The van der Waals surface area contributed by atoms with E-state index >= 15 is 0 Å². The Kier molecular flexibility index (Phi) is 2.61. The molecule has 1 saturated heterocycles. The van der Waals surface area contributed by atoms with E-state index < -0.39 is 19.6 Å². The van der Waals surface area contributed by atoms with Crippen LogP contribution in [0.3, 0.4) is 0 Å². The molecule has 13 heavy (non-hydrogen) atoms. The summed E-state index contributed by atoms with van der Waals surface area (Å²) < 4.78 is 23.4. The molecule has 1 fully saturated rings. The van der Waals surface area contributed by atoms with Crippen LogP contribution in [-0.4, -0.2) is 23.8 Å². The number of Topliss-reactive ketones (excluding diaryl/α,β-unsaturated/α-hetero) is 1. The third-order valence-corrected chi connectivity index (χ3v) is 4.62. The second-order valence-corrected chi connectivity index (χ2v) is 5.54. The molecule has 5 nitrogen and oxygen atoms in total. The minimum absolute atomic E-state index is 0.00521. The van der Waals surface area contributed by atoms with Crippen molar-refractivity contribution in [3.8, 4) is 0 Å². The van der Waals surface area contributed by atoms with Gasteiger partial charge in [0.1, 0.15) is 5.78 Å². The summed E-state index contributed by atoms with van der Waals surface area (Å²) in [4.78, 5) is 20.0. The average Bonchev–Trinajstić information content (AvgIpc) is 2.51. The molecular formula is C6H8BrNO4S. The molecule has 7 heteroatoms. The summed E-state index contributed by atoms with van der Waals surface area (Å²) in [6, 6.07) is 0. The molecule has 0 aromatic rings. The monoisotopic (exact) mass is 269 g/mol. The van der Waals surface area contributed by atoms with Crippen LogP contribution in [0.5, 0.6) is 0 Å². The number of hydrogen-bond donors (Lipinski definition) is 1. The van der Waals surface area contributed by atoms with Crippen LogP contribution >= 0.6 is 15.9 Å². The van der Waals surface area contributed by atoms with E-state index in [2.05, 4.69) is 20.7 Å². The van der Waals surface area contributed by atoms with Crippen LogP contribution in [0, 0.1) is 0 Å². The molecule has 1 aliphatic heterocycles. The van der Waals surface area contributed by atoms with E-state index in [0.29, 0.717) is 0 Å². The van der Waals surface area contributed by atoms with Gasteiger partial charge < -0.3 is 4.79 Å². The highest BCUT2D eigenvalue weighted by atomic mass is 79.9. The molecule has 0 amide bonds. The fourth-order valence-corrected chi connectivity index (χ4v) is 3.42. The maximum Gasteiger partial charge on any atom is 0.241 e. The van der Waals surface area contributed by atoms with Gasteiger partial charge in [0.15, 0.2) is 0 Å². The molecule has 0 aliphatic carbocycles. The van der Waals surface area contributed by atoms with Crippen molar-refractivity contribution in [3.05, 3.63) is 0 Å². The quantitative estimate of drug-likeness (QED) is 0.570. The summed E-state index contributed by atoms with van der Waals surface area (Å²) in [6.07, 6.45) is 0.0678. The molecule has 0 aromatic heterocycles. The van der Waals surface area contributed by atoms with Crippen molar-refractivity contribution in [2.24, 2.45) is 0 Å². The molecule has 1 N–H and O–H groups in total. The van der Waals surface area contributed by atoms with Gasteiger partial charge in [-0.2, -0.15) is 4.72 Å². The van der Waals surface area contributed by atoms with Crippen LogP contribution in [0.4, 0.5) is 0 Å². The zero-order valence-electron chi connectivity index (χ0n) is 6.83. The van der Waals surface area contributed by atoms with Gasteiger partial charge in [0, 0.05) is 6.42 Å². The lowest BCUT2D eigenvalue weighted by Crippen LogP contribution is -2.24. The molecule has 0 bridgehead atoms. The first-order valence-corrected chi connectivity index (χ1v) is 5.82.